The molecule has 0 bridgehead atoms. The molecule has 0 aliphatic carbocycles. The van der Waals surface area contributed by atoms with Crippen LogP contribution in [0.15, 0.2) is 42.5 Å². The number of methoxy groups -OCH3 is 1. The van der Waals surface area contributed by atoms with Gasteiger partial charge in [0.15, 0.2) is 23.0 Å². The molecule has 5 heteroatoms. The first-order valence-corrected chi connectivity index (χ1v) is 7.18. The van der Waals surface area contributed by atoms with Gasteiger partial charge >= 0.3 is 0 Å². The van der Waals surface area contributed by atoms with Crippen molar-refractivity contribution >= 4 is 0 Å². The number of ether oxygens (including phenoxy) is 2. The van der Waals surface area contributed by atoms with E-state index in [1.165, 1.54) is 7.11 Å². The van der Waals surface area contributed by atoms with Gasteiger partial charge in [0.2, 0.25) is 0 Å². The first-order valence-electron chi connectivity index (χ1n) is 7.18. The van der Waals surface area contributed by atoms with Gasteiger partial charge in [0.05, 0.1) is 7.11 Å². The molecule has 118 valence electrons. The standard InChI is InChI=1S/C17H21NO4/c1-21-16-7-6-13(12-15(16)20)8-9-18-10-11-22-17-5-3-2-4-14(17)19/h2-7,12,18-20H,8-11H2,1H3. The molecule has 5 nitrogen and oxygen atoms in total. The predicted octanol–water partition coefficient (Wildman–Crippen LogP) is 2.32. The SMILES string of the molecule is COc1ccc(CCNCCOc2ccccc2O)cc1O. The van der Waals surface area contributed by atoms with E-state index in [2.05, 4.69) is 5.32 Å². The van der Waals surface area contributed by atoms with E-state index in [4.69, 9.17) is 9.47 Å². The highest BCUT2D eigenvalue weighted by molar-refractivity contribution is 5.41. The first kappa shape index (κ1) is 16.0. The van der Waals surface area contributed by atoms with Gasteiger partial charge in [-0.25, -0.2) is 0 Å². The summed E-state index contributed by atoms with van der Waals surface area (Å²) in [6, 6.07) is 12.3. The monoisotopic (exact) mass is 303 g/mol. The van der Waals surface area contributed by atoms with Crippen molar-refractivity contribution < 1.29 is 19.7 Å². The Morgan fingerprint density at radius 2 is 1.77 bits per heavy atom. The Morgan fingerprint density at radius 1 is 0.955 bits per heavy atom. The molecule has 0 saturated carbocycles. The van der Waals surface area contributed by atoms with Crippen molar-refractivity contribution in [3.05, 3.63) is 48.0 Å². The van der Waals surface area contributed by atoms with Gasteiger partial charge in [-0.1, -0.05) is 18.2 Å². The molecular weight excluding hydrogens is 282 g/mol. The molecule has 0 aromatic heterocycles. The summed E-state index contributed by atoms with van der Waals surface area (Å²) in [5, 5.41) is 22.5. The smallest absolute Gasteiger partial charge is 0.160 e. The molecule has 0 fully saturated rings. The molecule has 0 saturated heterocycles. The van der Waals surface area contributed by atoms with Gasteiger partial charge in [-0.3, -0.25) is 0 Å². The van der Waals surface area contributed by atoms with Crippen molar-refractivity contribution in [1.82, 2.24) is 5.32 Å². The summed E-state index contributed by atoms with van der Waals surface area (Å²) < 4.78 is 10.5. The molecular formula is C17H21NO4. The molecule has 0 aliphatic heterocycles. The van der Waals surface area contributed by atoms with Gasteiger partial charge in [0, 0.05) is 6.54 Å². The Kier molecular flexibility index (Phi) is 5.91. The Hall–Kier alpha value is -2.40. The molecule has 0 heterocycles. The fourth-order valence-corrected chi connectivity index (χ4v) is 2.06. The maximum atomic E-state index is 9.70. The second kappa shape index (κ2) is 8.14. The largest absolute Gasteiger partial charge is 0.504 e. The van der Waals surface area contributed by atoms with Crippen LogP contribution < -0.4 is 14.8 Å². The number of phenols is 2. The van der Waals surface area contributed by atoms with Gasteiger partial charge in [0.1, 0.15) is 6.61 Å². The van der Waals surface area contributed by atoms with E-state index in [9.17, 15) is 10.2 Å². The zero-order valence-corrected chi connectivity index (χ0v) is 12.6. The summed E-state index contributed by atoms with van der Waals surface area (Å²) >= 11 is 0. The number of para-hydroxylation sites is 2. The van der Waals surface area contributed by atoms with Crippen LogP contribution in [0.5, 0.6) is 23.0 Å². The second-order valence-electron chi connectivity index (χ2n) is 4.82. The van der Waals surface area contributed by atoms with E-state index in [1.54, 1.807) is 30.3 Å². The van der Waals surface area contributed by atoms with Crippen LogP contribution in [0.2, 0.25) is 0 Å². The minimum Gasteiger partial charge on any atom is -0.504 e. The van der Waals surface area contributed by atoms with Gasteiger partial charge in [0.25, 0.3) is 0 Å². The minimum absolute atomic E-state index is 0.149. The molecule has 0 unspecified atom stereocenters. The number of phenolic OH excluding ortho intramolecular Hbond substituents is 2. The highest BCUT2D eigenvalue weighted by Crippen LogP contribution is 2.26. The predicted molar refractivity (Wildman–Crippen MR) is 84.8 cm³/mol. The molecule has 0 aliphatic rings. The van der Waals surface area contributed by atoms with Crippen molar-refractivity contribution in [2.75, 3.05) is 26.8 Å². The fraction of sp³-hybridized carbons (Fsp3) is 0.294. The van der Waals surface area contributed by atoms with Gasteiger partial charge in [-0.15, -0.1) is 0 Å². The summed E-state index contributed by atoms with van der Waals surface area (Å²) in [6.07, 6.45) is 0.800. The maximum Gasteiger partial charge on any atom is 0.160 e. The zero-order chi connectivity index (χ0) is 15.8. The van der Waals surface area contributed by atoms with Crippen molar-refractivity contribution in [1.29, 1.82) is 0 Å². The van der Waals surface area contributed by atoms with Gasteiger partial charge in [-0.2, -0.15) is 0 Å². The number of rotatable bonds is 8. The van der Waals surface area contributed by atoms with E-state index in [1.807, 2.05) is 12.1 Å². The van der Waals surface area contributed by atoms with Crippen molar-refractivity contribution in [3.63, 3.8) is 0 Å². The van der Waals surface area contributed by atoms with Crippen LogP contribution in [0.1, 0.15) is 5.56 Å². The van der Waals surface area contributed by atoms with Gasteiger partial charge in [-0.05, 0) is 42.8 Å². The molecule has 2 aromatic carbocycles. The molecule has 22 heavy (non-hydrogen) atoms. The van der Waals surface area contributed by atoms with E-state index >= 15 is 0 Å². The second-order valence-corrected chi connectivity index (χ2v) is 4.82. The quantitative estimate of drug-likeness (QED) is 0.653. The Bertz CT molecular complexity index is 601. The van der Waals surface area contributed by atoms with E-state index in [0.717, 1.165) is 18.5 Å². The topological polar surface area (TPSA) is 71.0 Å². The molecule has 2 rings (SSSR count). The lowest BCUT2D eigenvalue weighted by Crippen LogP contribution is -2.23. The molecule has 2 aromatic rings. The lowest BCUT2D eigenvalue weighted by molar-refractivity contribution is 0.297. The lowest BCUT2D eigenvalue weighted by atomic mass is 10.1. The van der Waals surface area contributed by atoms with Gasteiger partial charge < -0.3 is 25.0 Å². The van der Waals surface area contributed by atoms with Crippen LogP contribution in [0.25, 0.3) is 0 Å². The Labute approximate surface area is 130 Å². The zero-order valence-electron chi connectivity index (χ0n) is 12.6. The molecule has 0 amide bonds. The van der Waals surface area contributed by atoms with Crippen molar-refractivity contribution in [2.24, 2.45) is 0 Å². The van der Waals surface area contributed by atoms with Crippen LogP contribution in [0, 0.1) is 0 Å². The van der Waals surface area contributed by atoms with Crippen LogP contribution in [-0.4, -0.2) is 37.0 Å². The third-order valence-electron chi connectivity index (χ3n) is 3.24. The van der Waals surface area contributed by atoms with Crippen LogP contribution in [0.4, 0.5) is 0 Å². The lowest BCUT2D eigenvalue weighted by Gasteiger charge is -2.09. The van der Waals surface area contributed by atoms with E-state index in [0.29, 0.717) is 24.7 Å². The summed E-state index contributed by atoms with van der Waals surface area (Å²) in [5.74, 6) is 1.27. The third-order valence-corrected chi connectivity index (χ3v) is 3.24. The average Bonchev–Trinajstić information content (AvgIpc) is 2.52. The number of benzene rings is 2. The average molecular weight is 303 g/mol. The number of hydrogen-bond acceptors (Lipinski definition) is 5. The summed E-state index contributed by atoms with van der Waals surface area (Å²) in [6.45, 7) is 1.93. The van der Waals surface area contributed by atoms with Crippen LogP contribution >= 0.6 is 0 Å². The molecule has 0 radical (unpaired) electrons. The van der Waals surface area contributed by atoms with Crippen molar-refractivity contribution in [2.45, 2.75) is 6.42 Å². The summed E-state index contributed by atoms with van der Waals surface area (Å²) in [7, 11) is 1.53. The van der Waals surface area contributed by atoms with E-state index < -0.39 is 0 Å². The normalized spacial score (nSPS) is 10.4. The first-order chi connectivity index (χ1) is 10.7. The summed E-state index contributed by atoms with van der Waals surface area (Å²) in [4.78, 5) is 0. The Morgan fingerprint density at radius 3 is 2.50 bits per heavy atom. The molecule has 0 atom stereocenters. The number of nitrogens with one attached hydrogen (secondary N) is 1. The Balaban J connectivity index is 1.65. The fourth-order valence-electron chi connectivity index (χ4n) is 2.06. The number of hydrogen-bond donors (Lipinski definition) is 3. The summed E-state index contributed by atoms with van der Waals surface area (Å²) in [5.41, 5.74) is 1.03. The molecule has 3 N–H and O–H groups in total. The number of aromatic hydroxyl groups is 2. The highest BCUT2D eigenvalue weighted by Gasteiger charge is 2.02. The van der Waals surface area contributed by atoms with Crippen molar-refractivity contribution in [3.8, 4) is 23.0 Å². The van der Waals surface area contributed by atoms with E-state index in [-0.39, 0.29) is 11.5 Å². The van der Waals surface area contributed by atoms with Crippen LogP contribution in [0.3, 0.4) is 0 Å². The third kappa shape index (κ3) is 4.56. The maximum absolute atomic E-state index is 9.70. The minimum atomic E-state index is 0.149. The molecule has 0 spiro atoms. The highest BCUT2D eigenvalue weighted by atomic mass is 16.5. The van der Waals surface area contributed by atoms with Crippen LogP contribution in [-0.2, 0) is 6.42 Å².